The highest BCUT2D eigenvalue weighted by molar-refractivity contribution is 5.78. The lowest BCUT2D eigenvalue weighted by Gasteiger charge is -2.00. The van der Waals surface area contributed by atoms with E-state index in [4.69, 9.17) is 5.26 Å². The minimum absolute atomic E-state index is 0.0559. The summed E-state index contributed by atoms with van der Waals surface area (Å²) in [6.07, 6.45) is 0.607. The number of nitrogens with zero attached hydrogens (tertiary/aromatic N) is 1. The summed E-state index contributed by atoms with van der Waals surface area (Å²) >= 11 is 0. The van der Waals surface area contributed by atoms with Crippen molar-refractivity contribution in [3.05, 3.63) is 34.6 Å². The van der Waals surface area contributed by atoms with Gasteiger partial charge in [-0.3, -0.25) is 4.79 Å². The molecule has 0 N–H and O–H groups in total. The van der Waals surface area contributed by atoms with Crippen molar-refractivity contribution >= 4 is 6.29 Å². The maximum absolute atomic E-state index is 12.8. The first-order valence-electron chi connectivity index (χ1n) is 3.35. The number of halogens is 1. The second-order valence-corrected chi connectivity index (χ2v) is 2.37. The average Bonchev–Trinajstić information content (AvgIpc) is 2.06. The maximum Gasteiger partial charge on any atom is 0.150 e. The van der Waals surface area contributed by atoms with Gasteiger partial charge in [0.05, 0.1) is 5.56 Å². The van der Waals surface area contributed by atoms with Gasteiger partial charge in [0.2, 0.25) is 0 Å². The van der Waals surface area contributed by atoms with Crippen LogP contribution in [0.2, 0.25) is 0 Å². The molecule has 0 saturated carbocycles. The number of nitriles is 1. The molecule has 1 rings (SSSR count). The first-order valence-corrected chi connectivity index (χ1v) is 3.35. The summed E-state index contributed by atoms with van der Waals surface area (Å²) in [4.78, 5) is 10.4. The van der Waals surface area contributed by atoms with Gasteiger partial charge in [0.15, 0.2) is 0 Å². The lowest BCUT2D eigenvalue weighted by atomic mass is 10.0. The molecule has 0 radical (unpaired) electrons. The fraction of sp³-hybridized carbons (Fsp3) is 0.111. The Morgan fingerprint density at radius 2 is 2.25 bits per heavy atom. The summed E-state index contributed by atoms with van der Waals surface area (Å²) in [5, 5.41) is 8.51. The van der Waals surface area contributed by atoms with Crippen molar-refractivity contribution in [2.45, 2.75) is 6.92 Å². The van der Waals surface area contributed by atoms with Gasteiger partial charge in [-0.1, -0.05) is 0 Å². The van der Waals surface area contributed by atoms with Gasteiger partial charge in [-0.15, -0.1) is 0 Å². The molecule has 0 amide bonds. The summed E-state index contributed by atoms with van der Waals surface area (Å²) in [6.45, 7) is 1.55. The highest BCUT2D eigenvalue weighted by Gasteiger charge is 2.07. The van der Waals surface area contributed by atoms with Crippen molar-refractivity contribution in [1.82, 2.24) is 0 Å². The van der Waals surface area contributed by atoms with Crippen molar-refractivity contribution in [2.75, 3.05) is 0 Å². The van der Waals surface area contributed by atoms with Crippen LogP contribution in [0.3, 0.4) is 0 Å². The molecule has 12 heavy (non-hydrogen) atoms. The van der Waals surface area contributed by atoms with Crippen LogP contribution in [0.15, 0.2) is 12.1 Å². The Labute approximate surface area is 69.2 Å². The molecule has 0 heterocycles. The van der Waals surface area contributed by atoms with Gasteiger partial charge in [0.1, 0.15) is 18.2 Å². The van der Waals surface area contributed by atoms with Crippen molar-refractivity contribution in [2.24, 2.45) is 0 Å². The Morgan fingerprint density at radius 1 is 1.58 bits per heavy atom. The second kappa shape index (κ2) is 3.14. The number of aldehydes is 1. The van der Waals surface area contributed by atoms with E-state index in [-0.39, 0.29) is 5.56 Å². The highest BCUT2D eigenvalue weighted by Crippen LogP contribution is 2.14. The van der Waals surface area contributed by atoms with Crippen LogP contribution in [-0.2, 0) is 0 Å². The molecule has 0 unspecified atom stereocenters. The molecule has 0 aliphatic rings. The zero-order valence-electron chi connectivity index (χ0n) is 6.47. The lowest BCUT2D eigenvalue weighted by molar-refractivity contribution is 0.112. The highest BCUT2D eigenvalue weighted by atomic mass is 19.1. The first kappa shape index (κ1) is 8.41. The molecule has 2 nitrogen and oxygen atoms in total. The molecule has 0 saturated heterocycles. The van der Waals surface area contributed by atoms with E-state index in [0.717, 1.165) is 6.07 Å². The summed E-state index contributed by atoms with van der Waals surface area (Å²) in [6, 6.07) is 4.18. The smallest absolute Gasteiger partial charge is 0.150 e. The van der Waals surface area contributed by atoms with Gasteiger partial charge in [-0.05, 0) is 24.6 Å². The summed E-state index contributed by atoms with van der Waals surface area (Å²) in [7, 11) is 0. The third-order valence-electron chi connectivity index (χ3n) is 1.69. The molecule has 3 heteroatoms. The molecule has 0 aliphatic carbocycles. The Morgan fingerprint density at radius 3 is 2.75 bits per heavy atom. The van der Waals surface area contributed by atoms with Crippen LogP contribution in [0, 0.1) is 24.1 Å². The van der Waals surface area contributed by atoms with Gasteiger partial charge < -0.3 is 0 Å². The number of carbonyl (C=O) groups is 1. The van der Waals surface area contributed by atoms with Gasteiger partial charge in [-0.2, -0.15) is 5.26 Å². The number of benzene rings is 1. The zero-order valence-corrected chi connectivity index (χ0v) is 6.47. The molecule has 60 valence electrons. The summed E-state index contributed by atoms with van der Waals surface area (Å²) < 4.78 is 12.8. The van der Waals surface area contributed by atoms with E-state index in [9.17, 15) is 9.18 Å². The Bertz CT molecular complexity index is 366. The molecule has 0 atom stereocenters. The van der Waals surface area contributed by atoms with Gasteiger partial charge >= 0.3 is 0 Å². The number of hydrogen-bond donors (Lipinski definition) is 0. The molecular formula is C9H6FNO. The van der Waals surface area contributed by atoms with Gasteiger partial charge in [0, 0.05) is 5.56 Å². The van der Waals surface area contributed by atoms with E-state index in [1.165, 1.54) is 6.07 Å². The Hall–Kier alpha value is -1.69. The Kier molecular flexibility index (Phi) is 2.20. The monoisotopic (exact) mass is 163 g/mol. The van der Waals surface area contributed by atoms with Crippen LogP contribution in [0.25, 0.3) is 0 Å². The number of rotatable bonds is 1. The Balaban J connectivity index is 3.46. The molecule has 0 aliphatic heterocycles. The zero-order chi connectivity index (χ0) is 9.14. The fourth-order valence-electron chi connectivity index (χ4n) is 0.960. The summed E-state index contributed by atoms with van der Waals surface area (Å²) in [5.41, 5.74) is 0.694. The molecular weight excluding hydrogens is 157 g/mol. The van der Waals surface area contributed by atoms with Crippen molar-refractivity contribution in [1.29, 1.82) is 5.26 Å². The van der Waals surface area contributed by atoms with E-state index in [1.54, 1.807) is 13.0 Å². The molecule has 1 aromatic carbocycles. The predicted molar refractivity (Wildman–Crippen MR) is 41.2 cm³/mol. The van der Waals surface area contributed by atoms with E-state index in [2.05, 4.69) is 0 Å². The first-order chi connectivity index (χ1) is 5.70. The van der Waals surface area contributed by atoms with Gasteiger partial charge in [0.25, 0.3) is 0 Å². The molecule has 0 aromatic heterocycles. The fourth-order valence-corrected chi connectivity index (χ4v) is 0.960. The normalized spacial score (nSPS) is 9.08. The minimum atomic E-state index is -0.583. The third kappa shape index (κ3) is 1.19. The van der Waals surface area contributed by atoms with Crippen LogP contribution in [0.1, 0.15) is 21.5 Å². The standard InChI is InChI=1S/C9H6FNO/c1-6-7(5-12)2-3-9(10)8(6)4-11/h2-3,5H,1H3. The minimum Gasteiger partial charge on any atom is -0.298 e. The third-order valence-corrected chi connectivity index (χ3v) is 1.69. The van der Waals surface area contributed by atoms with E-state index >= 15 is 0 Å². The summed E-state index contributed by atoms with van der Waals surface area (Å²) in [5.74, 6) is -0.583. The molecule has 1 aromatic rings. The second-order valence-electron chi connectivity index (χ2n) is 2.37. The van der Waals surface area contributed by atoms with E-state index < -0.39 is 5.82 Å². The van der Waals surface area contributed by atoms with Gasteiger partial charge in [-0.25, -0.2) is 4.39 Å². The largest absolute Gasteiger partial charge is 0.298 e. The maximum atomic E-state index is 12.8. The molecule has 0 spiro atoms. The van der Waals surface area contributed by atoms with Crippen LogP contribution in [-0.4, -0.2) is 6.29 Å². The quantitative estimate of drug-likeness (QED) is 0.592. The van der Waals surface area contributed by atoms with Crippen LogP contribution in [0.4, 0.5) is 4.39 Å². The topological polar surface area (TPSA) is 40.9 Å². The predicted octanol–water partition coefficient (Wildman–Crippen LogP) is 1.82. The van der Waals surface area contributed by atoms with Crippen molar-refractivity contribution in [3.63, 3.8) is 0 Å². The van der Waals surface area contributed by atoms with Crippen LogP contribution in [0.5, 0.6) is 0 Å². The number of hydrogen-bond acceptors (Lipinski definition) is 2. The number of carbonyl (C=O) groups excluding carboxylic acids is 1. The average molecular weight is 163 g/mol. The SMILES string of the molecule is Cc1c(C=O)ccc(F)c1C#N. The van der Waals surface area contributed by atoms with E-state index in [1.807, 2.05) is 0 Å². The van der Waals surface area contributed by atoms with E-state index in [0.29, 0.717) is 17.4 Å². The molecule has 0 fully saturated rings. The van der Waals surface area contributed by atoms with Crippen LogP contribution < -0.4 is 0 Å². The van der Waals surface area contributed by atoms with Crippen molar-refractivity contribution < 1.29 is 9.18 Å². The lowest BCUT2D eigenvalue weighted by Crippen LogP contribution is -1.94. The van der Waals surface area contributed by atoms with Crippen molar-refractivity contribution in [3.8, 4) is 6.07 Å². The molecule has 0 bridgehead atoms. The van der Waals surface area contributed by atoms with Crippen LogP contribution >= 0.6 is 0 Å².